The summed E-state index contributed by atoms with van der Waals surface area (Å²) in [6.45, 7) is 3.45. The summed E-state index contributed by atoms with van der Waals surface area (Å²) in [6.07, 6.45) is 0. The second kappa shape index (κ2) is 7.38. The average molecular weight is 315 g/mol. The van der Waals surface area contributed by atoms with Gasteiger partial charge in [0.15, 0.2) is 6.61 Å². The standard InChI is InChI=1S/C13H19BrN2O2/c1-4-16(3)13(17)9-18-11-5-6-12(14)10(7-11)8-15-2/h5-7,15H,4,8-9H2,1-3H3. The molecule has 4 nitrogen and oxygen atoms in total. The summed E-state index contributed by atoms with van der Waals surface area (Å²) in [5.74, 6) is 0.692. The van der Waals surface area contributed by atoms with Crippen molar-refractivity contribution in [3.8, 4) is 5.75 Å². The molecule has 1 aromatic carbocycles. The van der Waals surface area contributed by atoms with Crippen molar-refractivity contribution in [2.45, 2.75) is 13.5 Å². The van der Waals surface area contributed by atoms with Crippen LogP contribution in [-0.2, 0) is 11.3 Å². The quantitative estimate of drug-likeness (QED) is 0.873. The van der Waals surface area contributed by atoms with E-state index >= 15 is 0 Å². The minimum atomic E-state index is -0.0180. The number of halogens is 1. The average Bonchev–Trinajstić information content (AvgIpc) is 2.38. The van der Waals surface area contributed by atoms with Crippen LogP contribution in [0.2, 0.25) is 0 Å². The number of nitrogens with zero attached hydrogens (tertiary/aromatic N) is 1. The Hall–Kier alpha value is -1.07. The molecular weight excluding hydrogens is 296 g/mol. The molecule has 0 bridgehead atoms. The predicted octanol–water partition coefficient (Wildman–Crippen LogP) is 2.03. The summed E-state index contributed by atoms with van der Waals surface area (Å²) in [6, 6.07) is 5.71. The first-order valence-electron chi connectivity index (χ1n) is 5.88. The molecule has 0 aliphatic heterocycles. The number of amides is 1. The molecule has 0 unspecified atom stereocenters. The second-order valence-corrected chi connectivity index (χ2v) is 4.83. The number of benzene rings is 1. The number of nitrogens with one attached hydrogen (secondary N) is 1. The third-order valence-corrected chi connectivity index (χ3v) is 3.42. The molecule has 0 saturated heterocycles. The highest BCUT2D eigenvalue weighted by atomic mass is 79.9. The fourth-order valence-electron chi connectivity index (χ4n) is 1.40. The number of hydrogen-bond donors (Lipinski definition) is 1. The molecule has 0 saturated carbocycles. The van der Waals surface area contributed by atoms with Gasteiger partial charge >= 0.3 is 0 Å². The molecule has 5 heteroatoms. The van der Waals surface area contributed by atoms with Crippen LogP contribution in [0.25, 0.3) is 0 Å². The van der Waals surface area contributed by atoms with E-state index in [0.717, 1.165) is 16.6 Å². The van der Waals surface area contributed by atoms with E-state index in [2.05, 4.69) is 21.2 Å². The van der Waals surface area contributed by atoms with Gasteiger partial charge in [-0.3, -0.25) is 4.79 Å². The highest BCUT2D eigenvalue weighted by Crippen LogP contribution is 2.22. The van der Waals surface area contributed by atoms with Crippen LogP contribution < -0.4 is 10.1 Å². The molecule has 0 fully saturated rings. The molecule has 0 spiro atoms. The van der Waals surface area contributed by atoms with E-state index in [1.54, 1.807) is 11.9 Å². The van der Waals surface area contributed by atoms with Gasteiger partial charge in [-0.2, -0.15) is 0 Å². The number of carbonyl (C=O) groups is 1. The first-order chi connectivity index (χ1) is 8.58. The van der Waals surface area contributed by atoms with Gasteiger partial charge in [-0.25, -0.2) is 0 Å². The maximum absolute atomic E-state index is 11.6. The third kappa shape index (κ3) is 4.31. The van der Waals surface area contributed by atoms with Gasteiger partial charge in [-0.15, -0.1) is 0 Å². The molecule has 0 atom stereocenters. The van der Waals surface area contributed by atoms with E-state index in [0.29, 0.717) is 12.3 Å². The molecule has 100 valence electrons. The number of likely N-dealkylation sites (N-methyl/N-ethyl adjacent to an activating group) is 1. The maximum Gasteiger partial charge on any atom is 0.260 e. The summed E-state index contributed by atoms with van der Waals surface area (Å²) in [5.41, 5.74) is 1.10. The molecule has 1 N–H and O–H groups in total. The van der Waals surface area contributed by atoms with Crippen LogP contribution in [-0.4, -0.2) is 38.1 Å². The smallest absolute Gasteiger partial charge is 0.260 e. The maximum atomic E-state index is 11.6. The lowest BCUT2D eigenvalue weighted by Crippen LogP contribution is -2.31. The summed E-state index contributed by atoms with van der Waals surface area (Å²) >= 11 is 3.48. The normalized spacial score (nSPS) is 10.2. The fraction of sp³-hybridized carbons (Fsp3) is 0.462. The minimum Gasteiger partial charge on any atom is -0.484 e. The van der Waals surface area contributed by atoms with Gasteiger partial charge < -0.3 is 15.0 Å². The number of carbonyl (C=O) groups excluding carboxylic acids is 1. The summed E-state index contributed by atoms with van der Waals surface area (Å²) in [7, 11) is 3.65. The Bertz CT molecular complexity index is 410. The molecule has 1 rings (SSSR count). The van der Waals surface area contributed by atoms with Crippen LogP contribution in [0.4, 0.5) is 0 Å². The van der Waals surface area contributed by atoms with E-state index < -0.39 is 0 Å². The van der Waals surface area contributed by atoms with Crippen molar-refractivity contribution < 1.29 is 9.53 Å². The SMILES string of the molecule is CCN(C)C(=O)COc1ccc(Br)c(CNC)c1. The molecule has 1 aromatic rings. The highest BCUT2D eigenvalue weighted by molar-refractivity contribution is 9.10. The van der Waals surface area contributed by atoms with E-state index in [1.165, 1.54) is 0 Å². The van der Waals surface area contributed by atoms with Gasteiger partial charge in [0.05, 0.1) is 0 Å². The zero-order valence-electron chi connectivity index (χ0n) is 11.0. The lowest BCUT2D eigenvalue weighted by Gasteiger charge is -2.15. The molecule has 0 heterocycles. The molecule has 0 aliphatic rings. The molecule has 1 amide bonds. The van der Waals surface area contributed by atoms with Crippen molar-refractivity contribution in [1.82, 2.24) is 10.2 Å². The van der Waals surface area contributed by atoms with Crippen LogP contribution in [0.15, 0.2) is 22.7 Å². The molecule has 0 aromatic heterocycles. The molecule has 0 radical (unpaired) electrons. The van der Waals surface area contributed by atoms with Crippen LogP contribution in [0, 0.1) is 0 Å². The van der Waals surface area contributed by atoms with Crippen LogP contribution in [0.3, 0.4) is 0 Å². The van der Waals surface area contributed by atoms with Gasteiger partial charge in [0, 0.05) is 24.6 Å². The fourth-order valence-corrected chi connectivity index (χ4v) is 1.79. The Labute approximate surface area is 116 Å². The zero-order valence-corrected chi connectivity index (χ0v) is 12.6. The van der Waals surface area contributed by atoms with Gasteiger partial charge in [-0.1, -0.05) is 15.9 Å². The predicted molar refractivity (Wildman–Crippen MR) is 75.7 cm³/mol. The van der Waals surface area contributed by atoms with Crippen LogP contribution in [0.1, 0.15) is 12.5 Å². The highest BCUT2D eigenvalue weighted by Gasteiger charge is 2.08. The topological polar surface area (TPSA) is 41.6 Å². The van der Waals surface area contributed by atoms with E-state index in [9.17, 15) is 4.79 Å². The van der Waals surface area contributed by atoms with Crippen LogP contribution >= 0.6 is 15.9 Å². The van der Waals surface area contributed by atoms with Crippen molar-refractivity contribution in [3.63, 3.8) is 0 Å². The summed E-state index contributed by atoms with van der Waals surface area (Å²) in [5, 5.41) is 3.08. The van der Waals surface area contributed by atoms with Gasteiger partial charge in [0.1, 0.15) is 5.75 Å². The molecule has 18 heavy (non-hydrogen) atoms. The van der Waals surface area contributed by atoms with Gasteiger partial charge in [0.25, 0.3) is 5.91 Å². The van der Waals surface area contributed by atoms with Crippen molar-refractivity contribution >= 4 is 21.8 Å². The van der Waals surface area contributed by atoms with Gasteiger partial charge in [-0.05, 0) is 37.7 Å². The Kier molecular flexibility index (Phi) is 6.15. The van der Waals surface area contributed by atoms with Crippen molar-refractivity contribution in [1.29, 1.82) is 0 Å². The summed E-state index contributed by atoms with van der Waals surface area (Å²) < 4.78 is 6.52. The largest absolute Gasteiger partial charge is 0.484 e. The minimum absolute atomic E-state index is 0.0180. The number of ether oxygens (including phenoxy) is 1. The lowest BCUT2D eigenvalue weighted by atomic mass is 10.2. The van der Waals surface area contributed by atoms with E-state index in [4.69, 9.17) is 4.74 Å². The Morgan fingerprint density at radius 2 is 2.22 bits per heavy atom. The van der Waals surface area contributed by atoms with Crippen molar-refractivity contribution in [3.05, 3.63) is 28.2 Å². The third-order valence-electron chi connectivity index (χ3n) is 2.65. The first-order valence-corrected chi connectivity index (χ1v) is 6.67. The zero-order chi connectivity index (χ0) is 13.5. The Morgan fingerprint density at radius 1 is 1.50 bits per heavy atom. The monoisotopic (exact) mass is 314 g/mol. The van der Waals surface area contributed by atoms with Gasteiger partial charge in [0.2, 0.25) is 0 Å². The van der Waals surface area contributed by atoms with Crippen molar-refractivity contribution in [2.75, 3.05) is 27.2 Å². The van der Waals surface area contributed by atoms with Crippen LogP contribution in [0.5, 0.6) is 5.75 Å². The number of rotatable bonds is 6. The van der Waals surface area contributed by atoms with E-state index in [1.807, 2.05) is 32.2 Å². The number of hydrogen-bond acceptors (Lipinski definition) is 3. The lowest BCUT2D eigenvalue weighted by molar-refractivity contribution is -0.131. The first kappa shape index (κ1) is 15.0. The molecule has 0 aliphatic carbocycles. The Balaban J connectivity index is 2.62. The van der Waals surface area contributed by atoms with E-state index in [-0.39, 0.29) is 12.5 Å². The summed E-state index contributed by atoms with van der Waals surface area (Å²) in [4.78, 5) is 13.2. The molecular formula is C13H19BrN2O2. The Morgan fingerprint density at radius 3 is 2.83 bits per heavy atom. The van der Waals surface area contributed by atoms with Crippen molar-refractivity contribution in [2.24, 2.45) is 0 Å². The second-order valence-electron chi connectivity index (χ2n) is 3.98.